The van der Waals surface area contributed by atoms with E-state index in [0.717, 1.165) is 5.56 Å². The molecule has 0 unspecified atom stereocenters. The number of benzene rings is 1. The highest BCUT2D eigenvalue weighted by Crippen LogP contribution is 2.38. The van der Waals surface area contributed by atoms with Gasteiger partial charge in [0.25, 0.3) is 0 Å². The van der Waals surface area contributed by atoms with Gasteiger partial charge in [-0.1, -0.05) is 12.1 Å². The lowest BCUT2D eigenvalue weighted by molar-refractivity contribution is -0.148. The predicted molar refractivity (Wildman–Crippen MR) is 74.0 cm³/mol. The van der Waals surface area contributed by atoms with Crippen molar-refractivity contribution in [1.82, 2.24) is 5.32 Å². The summed E-state index contributed by atoms with van der Waals surface area (Å²) < 4.78 is 9.45. The van der Waals surface area contributed by atoms with Crippen LogP contribution in [-0.4, -0.2) is 32.1 Å². The highest BCUT2D eigenvalue weighted by molar-refractivity contribution is 5.95. The van der Waals surface area contributed by atoms with Gasteiger partial charge in [-0.15, -0.1) is 0 Å². The standard InChI is InChI=1S/C15H17NO5/c1-9(17)11-5-4-10-6-7-15(12(10)8-11,13(18)20-2)16-14(19)21-3/h4-5,8H,6-7H2,1-3H3,(H,16,19)/t15-/m0/s1. The Hall–Kier alpha value is -2.37. The van der Waals surface area contributed by atoms with Gasteiger partial charge in [0.05, 0.1) is 14.2 Å². The molecule has 112 valence electrons. The van der Waals surface area contributed by atoms with Gasteiger partial charge >= 0.3 is 12.1 Å². The highest BCUT2D eigenvalue weighted by atomic mass is 16.5. The van der Waals surface area contributed by atoms with Gasteiger partial charge in [-0.3, -0.25) is 4.79 Å². The van der Waals surface area contributed by atoms with Crippen LogP contribution in [0.2, 0.25) is 0 Å². The largest absolute Gasteiger partial charge is 0.467 e. The molecule has 1 N–H and O–H groups in total. The van der Waals surface area contributed by atoms with Gasteiger partial charge in [0.15, 0.2) is 11.3 Å². The van der Waals surface area contributed by atoms with E-state index >= 15 is 0 Å². The minimum absolute atomic E-state index is 0.110. The molecule has 1 aromatic rings. The molecule has 1 aliphatic carbocycles. The maximum atomic E-state index is 12.3. The smallest absolute Gasteiger partial charge is 0.408 e. The third-order valence-electron chi connectivity index (χ3n) is 3.78. The van der Waals surface area contributed by atoms with Crippen molar-refractivity contribution in [3.05, 3.63) is 34.9 Å². The summed E-state index contributed by atoms with van der Waals surface area (Å²) in [6.45, 7) is 1.45. The maximum Gasteiger partial charge on any atom is 0.408 e. The van der Waals surface area contributed by atoms with E-state index in [-0.39, 0.29) is 5.78 Å². The van der Waals surface area contributed by atoms with Crippen molar-refractivity contribution >= 4 is 17.8 Å². The normalized spacial score (nSPS) is 19.6. The first-order chi connectivity index (χ1) is 9.94. The number of amides is 1. The predicted octanol–water partition coefficient (Wildman–Crippen LogP) is 1.56. The van der Waals surface area contributed by atoms with Gasteiger partial charge < -0.3 is 14.8 Å². The molecule has 0 aliphatic heterocycles. The number of ketones is 1. The fourth-order valence-electron chi connectivity index (χ4n) is 2.66. The van der Waals surface area contributed by atoms with Crippen molar-refractivity contribution in [2.24, 2.45) is 0 Å². The molecule has 2 rings (SSSR count). The summed E-state index contributed by atoms with van der Waals surface area (Å²) in [5.41, 5.74) is 0.674. The van der Waals surface area contributed by atoms with Crippen LogP contribution in [0.25, 0.3) is 0 Å². The molecule has 1 aromatic carbocycles. The van der Waals surface area contributed by atoms with Gasteiger partial charge in [-0.2, -0.15) is 0 Å². The van der Waals surface area contributed by atoms with Crippen molar-refractivity contribution in [3.8, 4) is 0 Å². The van der Waals surface area contributed by atoms with Gasteiger partial charge in [-0.05, 0) is 37.0 Å². The minimum atomic E-state index is -1.30. The Kier molecular flexibility index (Phi) is 3.97. The lowest BCUT2D eigenvalue weighted by atomic mass is 9.90. The molecule has 1 amide bonds. The Morgan fingerprint density at radius 3 is 2.48 bits per heavy atom. The zero-order valence-electron chi connectivity index (χ0n) is 12.2. The van der Waals surface area contributed by atoms with E-state index in [1.807, 2.05) is 0 Å². The monoisotopic (exact) mass is 291 g/mol. The van der Waals surface area contributed by atoms with Crippen LogP contribution in [0.4, 0.5) is 4.79 Å². The second-order valence-corrected chi connectivity index (χ2v) is 4.94. The summed E-state index contributed by atoms with van der Waals surface area (Å²) >= 11 is 0. The molecule has 1 atom stereocenters. The molecule has 6 heteroatoms. The van der Waals surface area contributed by atoms with Crippen molar-refractivity contribution < 1.29 is 23.9 Å². The number of carbonyl (C=O) groups is 3. The van der Waals surface area contributed by atoms with Crippen LogP contribution in [0.15, 0.2) is 18.2 Å². The zero-order valence-corrected chi connectivity index (χ0v) is 12.2. The fraction of sp³-hybridized carbons (Fsp3) is 0.400. The second kappa shape index (κ2) is 5.55. The Morgan fingerprint density at radius 2 is 1.90 bits per heavy atom. The van der Waals surface area contributed by atoms with Gasteiger partial charge in [0.2, 0.25) is 0 Å². The van der Waals surface area contributed by atoms with Crippen molar-refractivity contribution in [2.75, 3.05) is 14.2 Å². The number of fused-ring (bicyclic) bond motifs is 1. The molecule has 21 heavy (non-hydrogen) atoms. The molecule has 0 aromatic heterocycles. The molecule has 0 saturated carbocycles. The van der Waals surface area contributed by atoms with Gasteiger partial charge in [0.1, 0.15) is 0 Å². The quantitative estimate of drug-likeness (QED) is 0.675. The van der Waals surface area contributed by atoms with Gasteiger partial charge in [-0.25, -0.2) is 9.59 Å². The van der Waals surface area contributed by atoms with Crippen LogP contribution in [0.3, 0.4) is 0 Å². The first kappa shape index (κ1) is 15.0. The van der Waals surface area contributed by atoms with E-state index in [9.17, 15) is 14.4 Å². The van der Waals surface area contributed by atoms with E-state index in [4.69, 9.17) is 4.74 Å². The SMILES string of the molecule is COC(=O)N[C@@]1(C(=O)OC)CCc2ccc(C(C)=O)cc21. The molecule has 0 fully saturated rings. The average molecular weight is 291 g/mol. The topological polar surface area (TPSA) is 81.7 Å². The van der Waals surface area contributed by atoms with Crippen LogP contribution in [0, 0.1) is 0 Å². The summed E-state index contributed by atoms with van der Waals surface area (Å²) in [5.74, 6) is -0.686. The maximum absolute atomic E-state index is 12.3. The number of rotatable bonds is 3. The first-order valence-corrected chi connectivity index (χ1v) is 6.53. The molecule has 0 radical (unpaired) electrons. The molecule has 6 nitrogen and oxygen atoms in total. The zero-order chi connectivity index (χ0) is 15.6. The van der Waals surface area contributed by atoms with E-state index < -0.39 is 17.6 Å². The summed E-state index contributed by atoms with van der Waals surface area (Å²) in [5, 5.41) is 2.57. The number of hydrogen-bond donors (Lipinski definition) is 1. The minimum Gasteiger partial charge on any atom is -0.467 e. The average Bonchev–Trinajstić information content (AvgIpc) is 2.85. The Labute approximate surface area is 122 Å². The van der Waals surface area contributed by atoms with E-state index in [2.05, 4.69) is 10.1 Å². The number of esters is 1. The van der Waals surface area contributed by atoms with E-state index in [0.29, 0.717) is 24.0 Å². The van der Waals surface area contributed by atoms with Crippen LogP contribution in [0.1, 0.15) is 34.8 Å². The number of hydrogen-bond acceptors (Lipinski definition) is 5. The lowest BCUT2D eigenvalue weighted by Crippen LogP contribution is -2.51. The summed E-state index contributed by atoms with van der Waals surface area (Å²) in [6.07, 6.45) is 0.249. The molecule has 0 bridgehead atoms. The molecular formula is C15H17NO5. The van der Waals surface area contributed by atoms with Crippen LogP contribution in [0.5, 0.6) is 0 Å². The third-order valence-corrected chi connectivity index (χ3v) is 3.78. The Balaban J connectivity index is 2.55. The number of ether oxygens (including phenoxy) is 2. The van der Waals surface area contributed by atoms with Crippen LogP contribution in [-0.2, 0) is 26.2 Å². The van der Waals surface area contributed by atoms with Crippen LogP contribution >= 0.6 is 0 Å². The van der Waals surface area contributed by atoms with E-state index in [1.54, 1.807) is 18.2 Å². The lowest BCUT2D eigenvalue weighted by Gasteiger charge is -2.28. The van der Waals surface area contributed by atoms with Crippen molar-refractivity contribution in [2.45, 2.75) is 25.3 Å². The number of Topliss-reactive ketones (excluding diaryl/α,β-unsaturated/α-hetero) is 1. The number of carbonyl (C=O) groups excluding carboxylic acids is 3. The van der Waals surface area contributed by atoms with Crippen molar-refractivity contribution in [1.29, 1.82) is 0 Å². The Bertz CT molecular complexity index is 610. The number of nitrogens with one attached hydrogen (secondary N) is 1. The molecule has 0 saturated heterocycles. The highest BCUT2D eigenvalue weighted by Gasteiger charge is 2.48. The van der Waals surface area contributed by atoms with Crippen molar-refractivity contribution in [3.63, 3.8) is 0 Å². The number of methoxy groups -OCH3 is 2. The molecule has 1 aliphatic rings. The molecular weight excluding hydrogens is 274 g/mol. The third kappa shape index (κ3) is 2.49. The summed E-state index contributed by atoms with van der Waals surface area (Å²) in [7, 11) is 2.48. The number of alkyl carbamates (subject to hydrolysis) is 1. The fourth-order valence-corrected chi connectivity index (χ4v) is 2.66. The number of aryl methyl sites for hydroxylation is 1. The first-order valence-electron chi connectivity index (χ1n) is 6.53. The van der Waals surface area contributed by atoms with Gasteiger partial charge in [0, 0.05) is 5.56 Å². The van der Waals surface area contributed by atoms with E-state index in [1.165, 1.54) is 21.1 Å². The summed E-state index contributed by atoms with van der Waals surface area (Å²) in [4.78, 5) is 35.4. The second-order valence-electron chi connectivity index (χ2n) is 4.94. The summed E-state index contributed by atoms with van der Waals surface area (Å²) in [6, 6.07) is 5.15. The Morgan fingerprint density at radius 1 is 1.19 bits per heavy atom. The van der Waals surface area contributed by atoms with Crippen LogP contribution < -0.4 is 5.32 Å². The molecule has 0 spiro atoms. The molecule has 0 heterocycles.